The maximum Gasteiger partial charge on any atom is 0.470 e. The Morgan fingerprint density at radius 2 is 1.97 bits per heavy atom. The van der Waals surface area contributed by atoms with Crippen LogP contribution in [0.2, 0.25) is 0 Å². The summed E-state index contributed by atoms with van der Waals surface area (Å²) in [5.41, 5.74) is -4.00. The van der Waals surface area contributed by atoms with Gasteiger partial charge < -0.3 is 4.74 Å². The molecule has 0 saturated heterocycles. The maximum absolute atomic E-state index is 12.7. The van der Waals surface area contributed by atoms with Crippen LogP contribution >= 0.6 is 12.0 Å². The third kappa shape index (κ3) is 7.00. The van der Waals surface area contributed by atoms with E-state index in [0.717, 1.165) is 7.05 Å². The number of halogens is 3. The molecule has 0 heterocycles. The summed E-state index contributed by atoms with van der Waals surface area (Å²) in [6.07, 6.45) is 1.86. The predicted octanol–water partition coefficient (Wildman–Crippen LogP) is 4.91. The van der Waals surface area contributed by atoms with Gasteiger partial charge in [-0.25, -0.2) is 5.06 Å². The van der Waals surface area contributed by atoms with Gasteiger partial charge in [0.1, 0.15) is 18.6 Å². The SMILES string of the molecule is CCCC(=O)OCCC#Cc1ccc(C=O)c2c(C(=O)N(C)OSC(F)(F)F)cccc12. The van der Waals surface area contributed by atoms with Crippen molar-refractivity contribution in [1.29, 1.82) is 0 Å². The number of hydrogen-bond acceptors (Lipinski definition) is 6. The van der Waals surface area contributed by atoms with Crippen molar-refractivity contribution in [3.05, 3.63) is 47.0 Å². The van der Waals surface area contributed by atoms with Crippen LogP contribution in [-0.4, -0.2) is 42.4 Å². The molecule has 0 atom stereocenters. The Labute approximate surface area is 187 Å². The lowest BCUT2D eigenvalue weighted by Gasteiger charge is -2.18. The van der Waals surface area contributed by atoms with Crippen LogP contribution < -0.4 is 0 Å². The van der Waals surface area contributed by atoms with Crippen LogP contribution in [0, 0.1) is 11.8 Å². The van der Waals surface area contributed by atoms with Crippen molar-refractivity contribution in [3.63, 3.8) is 0 Å². The molecular weight excluding hydrogens is 447 g/mol. The van der Waals surface area contributed by atoms with Crippen LogP contribution in [-0.2, 0) is 13.8 Å². The molecule has 2 aromatic carbocycles. The van der Waals surface area contributed by atoms with E-state index in [0.29, 0.717) is 35.1 Å². The molecule has 0 unspecified atom stereocenters. The second kappa shape index (κ2) is 11.5. The number of nitrogens with zero attached hydrogens (tertiary/aromatic N) is 1. The van der Waals surface area contributed by atoms with Crippen LogP contribution in [0.3, 0.4) is 0 Å². The topological polar surface area (TPSA) is 72.9 Å². The average Bonchev–Trinajstić information content (AvgIpc) is 2.76. The van der Waals surface area contributed by atoms with Gasteiger partial charge in [0.15, 0.2) is 6.29 Å². The average molecular weight is 467 g/mol. The lowest BCUT2D eigenvalue weighted by Crippen LogP contribution is -2.26. The smallest absolute Gasteiger partial charge is 0.465 e. The molecule has 2 aromatic rings. The van der Waals surface area contributed by atoms with Crippen molar-refractivity contribution in [2.24, 2.45) is 0 Å². The van der Waals surface area contributed by atoms with E-state index in [2.05, 4.69) is 16.1 Å². The second-order valence-electron chi connectivity index (χ2n) is 6.48. The number of ether oxygens (including phenoxy) is 1. The summed E-state index contributed by atoms with van der Waals surface area (Å²) in [4.78, 5) is 35.6. The minimum Gasteiger partial charge on any atom is -0.465 e. The van der Waals surface area contributed by atoms with Crippen molar-refractivity contribution >= 4 is 41.0 Å². The van der Waals surface area contributed by atoms with Crippen LogP contribution in [0.15, 0.2) is 30.3 Å². The largest absolute Gasteiger partial charge is 0.470 e. The van der Waals surface area contributed by atoms with E-state index in [9.17, 15) is 27.6 Å². The highest BCUT2D eigenvalue weighted by Gasteiger charge is 2.32. The number of hydroxylamine groups is 2. The number of fused-ring (bicyclic) bond motifs is 1. The Kier molecular flexibility index (Phi) is 9.11. The van der Waals surface area contributed by atoms with E-state index in [1.54, 1.807) is 12.1 Å². The lowest BCUT2D eigenvalue weighted by molar-refractivity contribution is -0.143. The van der Waals surface area contributed by atoms with Crippen molar-refractivity contribution in [3.8, 4) is 11.8 Å². The molecule has 0 aromatic heterocycles. The molecule has 6 nitrogen and oxygen atoms in total. The van der Waals surface area contributed by atoms with Gasteiger partial charge in [-0.05, 0) is 30.0 Å². The molecule has 0 aliphatic carbocycles. The molecule has 170 valence electrons. The Morgan fingerprint density at radius 3 is 2.62 bits per heavy atom. The number of alkyl halides is 3. The van der Waals surface area contributed by atoms with Gasteiger partial charge in [0.05, 0.1) is 5.56 Å². The molecule has 32 heavy (non-hydrogen) atoms. The van der Waals surface area contributed by atoms with E-state index in [1.807, 2.05) is 6.92 Å². The normalized spacial score (nSPS) is 10.9. The highest BCUT2D eigenvalue weighted by atomic mass is 32.2. The summed E-state index contributed by atoms with van der Waals surface area (Å²) in [7, 11) is 1.05. The van der Waals surface area contributed by atoms with E-state index in [4.69, 9.17) is 4.74 Å². The zero-order valence-electron chi connectivity index (χ0n) is 17.3. The number of rotatable bonds is 8. The van der Waals surface area contributed by atoms with Gasteiger partial charge in [0, 0.05) is 36.4 Å². The van der Waals surface area contributed by atoms with E-state index < -0.39 is 23.5 Å². The highest BCUT2D eigenvalue weighted by Crippen LogP contribution is 2.32. The van der Waals surface area contributed by atoms with E-state index in [-0.39, 0.29) is 35.5 Å². The minimum absolute atomic E-state index is 0.00739. The summed E-state index contributed by atoms with van der Waals surface area (Å²) < 4.78 is 46.6. The highest BCUT2D eigenvalue weighted by molar-refractivity contribution is 7.95. The van der Waals surface area contributed by atoms with Gasteiger partial charge in [-0.2, -0.15) is 17.5 Å². The first kappa shape index (κ1) is 25.2. The Balaban J connectivity index is 2.31. The fraction of sp³-hybridized carbons (Fsp3) is 0.318. The molecule has 0 fully saturated rings. The molecule has 0 aliphatic heterocycles. The second-order valence-corrected chi connectivity index (χ2v) is 7.26. The molecule has 10 heteroatoms. The molecule has 0 spiro atoms. The van der Waals surface area contributed by atoms with Crippen LogP contribution in [0.1, 0.15) is 52.5 Å². The number of hydrogen-bond donors (Lipinski definition) is 0. The van der Waals surface area contributed by atoms with Gasteiger partial charge in [-0.1, -0.05) is 30.9 Å². The van der Waals surface area contributed by atoms with Gasteiger partial charge >= 0.3 is 11.5 Å². The fourth-order valence-electron chi connectivity index (χ4n) is 2.77. The number of carbonyl (C=O) groups excluding carboxylic acids is 3. The number of aldehydes is 1. The molecule has 1 amide bonds. The van der Waals surface area contributed by atoms with Crippen molar-refractivity contribution in [1.82, 2.24) is 5.06 Å². The first-order valence-corrected chi connectivity index (χ1v) is 10.3. The van der Waals surface area contributed by atoms with E-state index in [1.165, 1.54) is 18.2 Å². The van der Waals surface area contributed by atoms with Gasteiger partial charge in [0.25, 0.3) is 5.91 Å². The van der Waals surface area contributed by atoms with Gasteiger partial charge in [0.2, 0.25) is 0 Å². The predicted molar refractivity (Wildman–Crippen MR) is 114 cm³/mol. The Morgan fingerprint density at radius 1 is 1.22 bits per heavy atom. The standard InChI is InChI=1S/C22H20F3NO5S/c1-3-7-19(28)30-13-5-4-8-15-11-12-16(14-27)20-17(15)9-6-10-18(20)21(29)26(2)31-32-22(23,24)25/h6,9-12,14H,3,5,7,13H2,1-2H3. The summed E-state index contributed by atoms with van der Waals surface area (Å²) in [5.74, 6) is 4.64. The molecule has 0 aliphatic rings. The third-order valence-electron chi connectivity index (χ3n) is 4.13. The minimum atomic E-state index is -4.69. The third-order valence-corrected chi connectivity index (χ3v) is 4.61. The summed E-state index contributed by atoms with van der Waals surface area (Å²) >= 11 is -0.819. The Hall–Kier alpha value is -3.03. The van der Waals surface area contributed by atoms with Crippen LogP contribution in [0.5, 0.6) is 0 Å². The van der Waals surface area contributed by atoms with Crippen molar-refractivity contribution < 1.29 is 36.6 Å². The quantitative estimate of drug-likeness (QED) is 0.137. The maximum atomic E-state index is 12.7. The zero-order chi connectivity index (χ0) is 23.7. The fourth-order valence-corrected chi connectivity index (χ4v) is 3.03. The first-order valence-electron chi connectivity index (χ1n) is 9.54. The van der Waals surface area contributed by atoms with Crippen molar-refractivity contribution in [2.75, 3.05) is 13.7 Å². The molecule has 0 radical (unpaired) electrons. The monoisotopic (exact) mass is 467 g/mol. The molecule has 0 N–H and O–H groups in total. The van der Waals surface area contributed by atoms with Gasteiger partial charge in [-0.15, -0.1) is 0 Å². The van der Waals surface area contributed by atoms with E-state index >= 15 is 0 Å². The Bertz CT molecular complexity index is 1060. The zero-order valence-corrected chi connectivity index (χ0v) is 18.1. The van der Waals surface area contributed by atoms with Gasteiger partial charge in [-0.3, -0.25) is 14.4 Å². The molecule has 0 bridgehead atoms. The number of benzene rings is 2. The number of carbonyl (C=O) groups is 3. The number of esters is 1. The summed E-state index contributed by atoms with van der Waals surface area (Å²) in [6, 6.07) is 7.65. The summed E-state index contributed by atoms with van der Waals surface area (Å²) in [6.45, 7) is 2.01. The van der Waals surface area contributed by atoms with Crippen LogP contribution in [0.25, 0.3) is 10.8 Å². The lowest BCUT2D eigenvalue weighted by atomic mass is 9.95. The number of amides is 1. The molecule has 2 rings (SSSR count). The van der Waals surface area contributed by atoms with Crippen LogP contribution in [0.4, 0.5) is 13.2 Å². The molecule has 0 saturated carbocycles. The summed E-state index contributed by atoms with van der Waals surface area (Å²) in [5, 5.41) is 1.18. The van der Waals surface area contributed by atoms with Crippen molar-refractivity contribution in [2.45, 2.75) is 31.7 Å². The molecular formula is C22H20F3NO5S. The first-order chi connectivity index (χ1) is 15.2.